The Morgan fingerprint density at radius 3 is 2.48 bits per heavy atom. The maximum atomic E-state index is 12.7. The molecule has 0 atom stereocenters. The number of aromatic nitrogens is 2. The van der Waals surface area contributed by atoms with Crippen molar-refractivity contribution in [3.63, 3.8) is 0 Å². The maximum Gasteiger partial charge on any atom is 0.410 e. The quantitative estimate of drug-likeness (QED) is 0.483. The number of ether oxygens (including phenoxy) is 1. The van der Waals surface area contributed by atoms with Crippen LogP contribution in [0, 0.1) is 0 Å². The Balaban J connectivity index is 1.55. The molecule has 0 aliphatic rings. The minimum Gasteiger partial charge on any atom is -0.444 e. The first-order chi connectivity index (χ1) is 14.6. The standard InChI is InChI=1S/C24H28BrN3O3/c1-24(2,3)31-23(30)27(4)15-18-9-7-17(8-10-18)6-5-13-28-16-26-21-12-11-19(25)14-20(21)22(28)29/h7-12,14,16H,5-6,13,15H2,1-4H3. The molecule has 0 aliphatic carbocycles. The van der Waals surface area contributed by atoms with E-state index in [0.717, 1.165) is 22.9 Å². The zero-order chi connectivity index (χ0) is 22.6. The molecule has 164 valence electrons. The summed E-state index contributed by atoms with van der Waals surface area (Å²) < 4.78 is 7.92. The lowest BCUT2D eigenvalue weighted by atomic mass is 10.1. The molecule has 3 rings (SSSR count). The molecule has 7 heteroatoms. The molecule has 0 spiro atoms. The molecule has 31 heavy (non-hydrogen) atoms. The van der Waals surface area contributed by atoms with Gasteiger partial charge < -0.3 is 9.64 Å². The van der Waals surface area contributed by atoms with Gasteiger partial charge >= 0.3 is 6.09 Å². The maximum absolute atomic E-state index is 12.7. The Hall–Kier alpha value is -2.67. The van der Waals surface area contributed by atoms with Gasteiger partial charge in [-0.3, -0.25) is 9.36 Å². The van der Waals surface area contributed by atoms with Gasteiger partial charge in [0.25, 0.3) is 5.56 Å². The number of amides is 1. The van der Waals surface area contributed by atoms with Crippen LogP contribution in [-0.4, -0.2) is 33.2 Å². The molecular weight excluding hydrogens is 458 g/mol. The third kappa shape index (κ3) is 6.40. The third-order valence-electron chi connectivity index (χ3n) is 4.80. The number of benzene rings is 2. The Bertz CT molecular complexity index is 1120. The molecule has 0 radical (unpaired) electrons. The van der Waals surface area contributed by atoms with Crippen LogP contribution >= 0.6 is 15.9 Å². The highest BCUT2D eigenvalue weighted by atomic mass is 79.9. The first-order valence-electron chi connectivity index (χ1n) is 10.3. The Morgan fingerprint density at radius 2 is 1.81 bits per heavy atom. The Morgan fingerprint density at radius 1 is 1.13 bits per heavy atom. The van der Waals surface area contributed by atoms with Crippen molar-refractivity contribution in [2.45, 2.75) is 52.3 Å². The fraction of sp³-hybridized carbons (Fsp3) is 0.375. The number of carbonyl (C=O) groups excluding carboxylic acids is 1. The van der Waals surface area contributed by atoms with Gasteiger partial charge in [0.2, 0.25) is 0 Å². The van der Waals surface area contributed by atoms with Gasteiger partial charge in [-0.05, 0) is 62.9 Å². The first-order valence-corrected chi connectivity index (χ1v) is 11.1. The lowest BCUT2D eigenvalue weighted by Gasteiger charge is -2.24. The largest absolute Gasteiger partial charge is 0.444 e. The van der Waals surface area contributed by atoms with Crippen molar-refractivity contribution in [3.05, 3.63) is 74.7 Å². The summed E-state index contributed by atoms with van der Waals surface area (Å²) >= 11 is 3.41. The number of carbonyl (C=O) groups is 1. The smallest absolute Gasteiger partial charge is 0.410 e. The second-order valence-electron chi connectivity index (χ2n) is 8.66. The topological polar surface area (TPSA) is 64.4 Å². The molecule has 0 unspecified atom stereocenters. The number of rotatable bonds is 6. The number of nitrogens with zero attached hydrogens (tertiary/aromatic N) is 3. The molecule has 0 N–H and O–H groups in total. The van der Waals surface area contributed by atoms with Crippen LogP contribution in [0.3, 0.4) is 0 Å². The normalized spacial score (nSPS) is 11.5. The summed E-state index contributed by atoms with van der Waals surface area (Å²) in [6.07, 6.45) is 2.97. The highest BCUT2D eigenvalue weighted by molar-refractivity contribution is 9.10. The van der Waals surface area contributed by atoms with Crippen LogP contribution in [0.1, 0.15) is 38.3 Å². The number of halogens is 1. The van der Waals surface area contributed by atoms with Crippen LogP contribution < -0.4 is 5.56 Å². The monoisotopic (exact) mass is 485 g/mol. The molecule has 0 saturated carbocycles. The van der Waals surface area contributed by atoms with Crippen LogP contribution in [0.4, 0.5) is 4.79 Å². The summed E-state index contributed by atoms with van der Waals surface area (Å²) in [6.45, 7) is 6.66. The van der Waals surface area contributed by atoms with Crippen molar-refractivity contribution < 1.29 is 9.53 Å². The van der Waals surface area contributed by atoms with Gasteiger partial charge in [-0.2, -0.15) is 0 Å². The van der Waals surface area contributed by atoms with Crippen molar-refractivity contribution in [2.75, 3.05) is 7.05 Å². The van der Waals surface area contributed by atoms with E-state index >= 15 is 0 Å². The molecular formula is C24H28BrN3O3. The predicted octanol–water partition coefficient (Wildman–Crippen LogP) is 5.16. The third-order valence-corrected chi connectivity index (χ3v) is 5.29. The van der Waals surface area contributed by atoms with Gasteiger partial charge in [-0.25, -0.2) is 9.78 Å². The average Bonchev–Trinajstić information content (AvgIpc) is 2.70. The van der Waals surface area contributed by atoms with Gasteiger partial charge in [-0.1, -0.05) is 40.2 Å². The molecule has 6 nitrogen and oxygen atoms in total. The van der Waals surface area contributed by atoms with Crippen LogP contribution in [-0.2, 0) is 24.2 Å². The molecule has 1 aromatic heterocycles. The molecule has 0 bridgehead atoms. The van der Waals surface area contributed by atoms with Gasteiger partial charge in [-0.15, -0.1) is 0 Å². The number of hydrogen-bond acceptors (Lipinski definition) is 4. The van der Waals surface area contributed by atoms with Crippen LogP contribution in [0.5, 0.6) is 0 Å². The van der Waals surface area contributed by atoms with Crippen molar-refractivity contribution in [1.29, 1.82) is 0 Å². The van der Waals surface area contributed by atoms with E-state index < -0.39 is 5.60 Å². The van der Waals surface area contributed by atoms with Crippen molar-refractivity contribution >= 4 is 32.9 Å². The van der Waals surface area contributed by atoms with Crippen LogP contribution in [0.15, 0.2) is 58.1 Å². The summed E-state index contributed by atoms with van der Waals surface area (Å²) in [5.41, 5.74) is 2.41. The van der Waals surface area contributed by atoms with Gasteiger partial charge in [0.1, 0.15) is 5.60 Å². The molecule has 0 aliphatic heterocycles. The average molecular weight is 486 g/mol. The van der Waals surface area contributed by atoms with Crippen molar-refractivity contribution in [3.8, 4) is 0 Å². The fourth-order valence-corrected chi connectivity index (χ4v) is 3.59. The molecule has 0 fully saturated rings. The summed E-state index contributed by atoms with van der Waals surface area (Å²) in [7, 11) is 1.73. The minimum atomic E-state index is -0.506. The van der Waals surface area contributed by atoms with E-state index in [0.29, 0.717) is 24.0 Å². The minimum absolute atomic E-state index is 0.0215. The summed E-state index contributed by atoms with van der Waals surface area (Å²) in [5, 5.41) is 0.621. The summed E-state index contributed by atoms with van der Waals surface area (Å²) in [4.78, 5) is 30.7. The predicted molar refractivity (Wildman–Crippen MR) is 126 cm³/mol. The van der Waals surface area contributed by atoms with Crippen molar-refractivity contribution in [1.82, 2.24) is 14.5 Å². The molecule has 0 saturated heterocycles. The van der Waals surface area contributed by atoms with Gasteiger partial charge in [0.15, 0.2) is 0 Å². The summed E-state index contributed by atoms with van der Waals surface area (Å²) in [6, 6.07) is 13.7. The number of hydrogen-bond donors (Lipinski definition) is 0. The first kappa shape index (κ1) is 23.0. The second kappa shape index (κ2) is 9.64. The lowest BCUT2D eigenvalue weighted by Crippen LogP contribution is -2.33. The van der Waals surface area contributed by atoms with Gasteiger partial charge in [0.05, 0.1) is 17.2 Å². The Kier molecular flexibility index (Phi) is 7.15. The SMILES string of the molecule is CN(Cc1ccc(CCCn2cnc3ccc(Br)cc3c2=O)cc1)C(=O)OC(C)(C)C. The fourth-order valence-electron chi connectivity index (χ4n) is 3.23. The Labute approximate surface area is 191 Å². The van der Waals surface area contributed by atoms with Crippen LogP contribution in [0.25, 0.3) is 10.9 Å². The van der Waals surface area contributed by atoms with E-state index in [1.807, 2.05) is 51.1 Å². The highest BCUT2D eigenvalue weighted by Crippen LogP contribution is 2.15. The van der Waals surface area contributed by atoms with Gasteiger partial charge in [0, 0.05) is 24.6 Å². The van der Waals surface area contributed by atoms with E-state index in [1.165, 1.54) is 5.56 Å². The van der Waals surface area contributed by atoms with E-state index in [-0.39, 0.29) is 11.7 Å². The van der Waals surface area contributed by atoms with E-state index in [4.69, 9.17) is 4.74 Å². The van der Waals surface area contributed by atoms with Crippen molar-refractivity contribution in [2.24, 2.45) is 0 Å². The second-order valence-corrected chi connectivity index (χ2v) is 9.58. The molecule has 2 aromatic carbocycles. The molecule has 3 aromatic rings. The number of aryl methyl sites for hydroxylation is 2. The molecule has 1 heterocycles. The van der Waals surface area contributed by atoms with E-state index in [9.17, 15) is 9.59 Å². The van der Waals surface area contributed by atoms with E-state index in [1.54, 1.807) is 22.8 Å². The van der Waals surface area contributed by atoms with Crippen LogP contribution in [0.2, 0.25) is 0 Å². The van der Waals surface area contributed by atoms with E-state index in [2.05, 4.69) is 33.0 Å². The zero-order valence-corrected chi connectivity index (χ0v) is 20.0. The highest BCUT2D eigenvalue weighted by Gasteiger charge is 2.19. The summed E-state index contributed by atoms with van der Waals surface area (Å²) in [5.74, 6) is 0. The zero-order valence-electron chi connectivity index (χ0n) is 18.4. The number of fused-ring (bicyclic) bond motifs is 1. The molecule has 1 amide bonds. The lowest BCUT2D eigenvalue weighted by molar-refractivity contribution is 0.0285.